The van der Waals surface area contributed by atoms with E-state index < -0.39 is 0 Å². The number of nitrogens with zero attached hydrogens (tertiary/aromatic N) is 1. The molecular formula is C19H26N2O. The number of nitrogens with one attached hydrogen (secondary N) is 1. The molecular weight excluding hydrogens is 272 g/mol. The van der Waals surface area contributed by atoms with E-state index in [1.807, 2.05) is 18.2 Å². The predicted octanol–water partition coefficient (Wildman–Crippen LogP) is 4.15. The molecule has 3 nitrogen and oxygen atoms in total. The lowest BCUT2D eigenvalue weighted by Crippen LogP contribution is -2.27. The van der Waals surface area contributed by atoms with E-state index in [-0.39, 0.29) is 11.3 Å². The van der Waals surface area contributed by atoms with E-state index in [2.05, 4.69) is 62.7 Å². The van der Waals surface area contributed by atoms with Gasteiger partial charge in [-0.2, -0.15) is 0 Å². The van der Waals surface area contributed by atoms with Crippen molar-refractivity contribution in [2.45, 2.75) is 47.6 Å². The highest BCUT2D eigenvalue weighted by molar-refractivity contribution is 5.76. The highest BCUT2D eigenvalue weighted by atomic mass is 16.1. The molecule has 0 aliphatic rings. The highest BCUT2D eigenvalue weighted by Crippen LogP contribution is 2.21. The Morgan fingerprint density at radius 1 is 1.14 bits per heavy atom. The zero-order valence-electron chi connectivity index (χ0n) is 14.2. The van der Waals surface area contributed by atoms with E-state index in [9.17, 15) is 4.79 Å². The summed E-state index contributed by atoms with van der Waals surface area (Å²) in [6.07, 6.45) is 0.546. The number of aromatic nitrogens is 1. The predicted molar refractivity (Wildman–Crippen MR) is 91.2 cm³/mol. The highest BCUT2D eigenvalue weighted by Gasteiger charge is 2.16. The summed E-state index contributed by atoms with van der Waals surface area (Å²) in [5.41, 5.74) is 4.71. The molecule has 2 aromatic rings. The zero-order valence-corrected chi connectivity index (χ0v) is 14.2. The minimum Gasteiger partial charge on any atom is -0.352 e. The van der Waals surface area contributed by atoms with Crippen molar-refractivity contribution in [3.63, 3.8) is 0 Å². The molecule has 1 N–H and O–H groups in total. The summed E-state index contributed by atoms with van der Waals surface area (Å²) in [4.78, 5) is 12.0. The summed E-state index contributed by atoms with van der Waals surface area (Å²) in [6, 6.07) is 12.5. The average molecular weight is 298 g/mol. The molecule has 0 fully saturated rings. The van der Waals surface area contributed by atoms with Crippen molar-refractivity contribution in [1.29, 1.82) is 0 Å². The van der Waals surface area contributed by atoms with Gasteiger partial charge in [0.2, 0.25) is 5.91 Å². The van der Waals surface area contributed by atoms with Gasteiger partial charge in [0.1, 0.15) is 0 Å². The molecule has 118 valence electrons. The maximum Gasteiger partial charge on any atom is 0.220 e. The zero-order chi connectivity index (χ0) is 16.3. The van der Waals surface area contributed by atoms with Gasteiger partial charge in [0.25, 0.3) is 0 Å². The Labute approximate surface area is 133 Å². The third-order valence-electron chi connectivity index (χ3n) is 3.72. The van der Waals surface area contributed by atoms with Gasteiger partial charge in [-0.05, 0) is 43.0 Å². The van der Waals surface area contributed by atoms with Gasteiger partial charge in [-0.25, -0.2) is 0 Å². The first-order valence-corrected chi connectivity index (χ1v) is 7.78. The Morgan fingerprint density at radius 2 is 1.77 bits per heavy atom. The molecule has 1 aromatic heterocycles. The molecule has 0 atom stereocenters. The lowest BCUT2D eigenvalue weighted by atomic mass is 9.92. The van der Waals surface area contributed by atoms with Crippen LogP contribution >= 0.6 is 0 Å². The van der Waals surface area contributed by atoms with Crippen LogP contribution in [0.3, 0.4) is 0 Å². The van der Waals surface area contributed by atoms with Gasteiger partial charge in [-0.1, -0.05) is 39.0 Å². The molecule has 3 heteroatoms. The maximum absolute atomic E-state index is 12.0. The third-order valence-corrected chi connectivity index (χ3v) is 3.72. The fourth-order valence-corrected chi connectivity index (χ4v) is 2.72. The molecule has 0 spiro atoms. The van der Waals surface area contributed by atoms with Gasteiger partial charge in [0.15, 0.2) is 0 Å². The number of amides is 1. The van der Waals surface area contributed by atoms with Crippen molar-refractivity contribution in [3.8, 4) is 5.69 Å². The lowest BCUT2D eigenvalue weighted by molar-refractivity contribution is -0.122. The monoisotopic (exact) mass is 298 g/mol. The molecule has 0 saturated carbocycles. The summed E-state index contributed by atoms with van der Waals surface area (Å²) >= 11 is 0. The van der Waals surface area contributed by atoms with E-state index in [1.165, 1.54) is 17.0 Å². The van der Waals surface area contributed by atoms with Crippen LogP contribution in [0.4, 0.5) is 0 Å². The molecule has 1 heterocycles. The van der Waals surface area contributed by atoms with Gasteiger partial charge >= 0.3 is 0 Å². The number of hydrogen-bond donors (Lipinski definition) is 1. The van der Waals surface area contributed by atoms with E-state index >= 15 is 0 Å². The number of rotatable bonds is 4. The number of aryl methyl sites for hydroxylation is 1. The minimum atomic E-state index is 0.0189. The fourth-order valence-electron chi connectivity index (χ4n) is 2.72. The Hall–Kier alpha value is -2.03. The first kappa shape index (κ1) is 16.3. The maximum atomic E-state index is 12.0. The van der Waals surface area contributed by atoms with Gasteiger partial charge in [0.05, 0.1) is 0 Å². The topological polar surface area (TPSA) is 34.0 Å². The van der Waals surface area contributed by atoms with Crippen LogP contribution in [0, 0.1) is 19.3 Å². The van der Waals surface area contributed by atoms with Crippen molar-refractivity contribution in [3.05, 3.63) is 53.3 Å². The third kappa shape index (κ3) is 4.00. The smallest absolute Gasteiger partial charge is 0.220 e. The van der Waals surface area contributed by atoms with E-state index in [0.717, 1.165) is 5.69 Å². The molecule has 0 aliphatic carbocycles. The first-order chi connectivity index (χ1) is 10.3. The number of carbonyl (C=O) groups excluding carboxylic acids is 1. The second-order valence-electron chi connectivity index (χ2n) is 7.08. The van der Waals surface area contributed by atoms with Crippen molar-refractivity contribution in [2.24, 2.45) is 5.41 Å². The molecule has 22 heavy (non-hydrogen) atoms. The van der Waals surface area contributed by atoms with Crippen molar-refractivity contribution in [1.82, 2.24) is 9.88 Å². The van der Waals surface area contributed by atoms with Gasteiger partial charge < -0.3 is 9.88 Å². The van der Waals surface area contributed by atoms with Crippen molar-refractivity contribution < 1.29 is 4.79 Å². The number of benzene rings is 1. The molecule has 0 bridgehead atoms. The summed E-state index contributed by atoms with van der Waals surface area (Å²) < 4.78 is 2.23. The Bertz CT molecular complexity index is 648. The first-order valence-electron chi connectivity index (χ1n) is 7.78. The molecule has 0 aliphatic heterocycles. The molecule has 2 rings (SSSR count). The molecule has 1 amide bonds. The Kier molecular flexibility index (Phi) is 4.74. The van der Waals surface area contributed by atoms with Gasteiger partial charge in [-0.3, -0.25) is 4.79 Å². The number of hydrogen-bond acceptors (Lipinski definition) is 1. The minimum absolute atomic E-state index is 0.0189. The Morgan fingerprint density at radius 3 is 2.36 bits per heavy atom. The summed E-state index contributed by atoms with van der Waals surface area (Å²) in [7, 11) is 0. The number of carbonyl (C=O) groups is 1. The van der Waals surface area contributed by atoms with Crippen LogP contribution in [-0.4, -0.2) is 10.5 Å². The average Bonchev–Trinajstić information content (AvgIpc) is 2.70. The fraction of sp³-hybridized carbons (Fsp3) is 0.421. The molecule has 0 saturated heterocycles. The van der Waals surface area contributed by atoms with Crippen LogP contribution in [0.15, 0.2) is 36.4 Å². The number of para-hydroxylation sites is 1. The summed E-state index contributed by atoms with van der Waals surface area (Å²) in [5, 5.41) is 3.04. The van der Waals surface area contributed by atoms with Crippen LogP contribution in [0.1, 0.15) is 44.1 Å². The van der Waals surface area contributed by atoms with Gasteiger partial charge in [-0.15, -0.1) is 0 Å². The van der Waals surface area contributed by atoms with E-state index in [1.54, 1.807) is 0 Å². The van der Waals surface area contributed by atoms with Crippen LogP contribution in [0.25, 0.3) is 5.69 Å². The Balaban J connectivity index is 2.13. The largest absolute Gasteiger partial charge is 0.352 e. The van der Waals surface area contributed by atoms with E-state index in [4.69, 9.17) is 0 Å². The SMILES string of the molecule is Cc1cc(CNC(=O)CC(C)(C)C)c(C)n1-c1ccccc1. The normalized spacial score (nSPS) is 11.5. The van der Waals surface area contributed by atoms with Crippen LogP contribution < -0.4 is 5.32 Å². The van der Waals surface area contributed by atoms with Crippen LogP contribution in [0.2, 0.25) is 0 Å². The molecule has 1 aromatic carbocycles. The second-order valence-corrected chi connectivity index (χ2v) is 7.08. The van der Waals surface area contributed by atoms with Crippen molar-refractivity contribution in [2.75, 3.05) is 0 Å². The van der Waals surface area contributed by atoms with Crippen molar-refractivity contribution >= 4 is 5.91 Å². The summed E-state index contributed by atoms with van der Waals surface area (Å²) in [6.45, 7) is 11.0. The standard InChI is InChI=1S/C19H26N2O/c1-14-11-16(13-20-18(22)12-19(3,4)5)15(2)21(14)17-9-7-6-8-10-17/h6-11H,12-13H2,1-5H3,(H,20,22). The molecule has 0 radical (unpaired) electrons. The summed E-state index contributed by atoms with van der Waals surface area (Å²) in [5.74, 6) is 0.108. The lowest BCUT2D eigenvalue weighted by Gasteiger charge is -2.17. The molecule has 0 unspecified atom stereocenters. The van der Waals surface area contributed by atoms with Crippen LogP contribution in [-0.2, 0) is 11.3 Å². The van der Waals surface area contributed by atoms with Crippen LogP contribution in [0.5, 0.6) is 0 Å². The second kappa shape index (κ2) is 6.39. The van der Waals surface area contributed by atoms with Gasteiger partial charge in [0, 0.05) is 30.0 Å². The quantitative estimate of drug-likeness (QED) is 0.904. The van der Waals surface area contributed by atoms with E-state index in [0.29, 0.717) is 13.0 Å².